The summed E-state index contributed by atoms with van der Waals surface area (Å²) >= 11 is 0. The van der Waals surface area contributed by atoms with E-state index in [1.807, 2.05) is 48.0 Å². The van der Waals surface area contributed by atoms with Crippen LogP contribution in [0.25, 0.3) is 0 Å². The maximum absolute atomic E-state index is 13.2. The van der Waals surface area contributed by atoms with E-state index in [2.05, 4.69) is 26.6 Å². The molecule has 0 fully saturated rings. The van der Waals surface area contributed by atoms with Gasteiger partial charge >= 0.3 is 0 Å². The van der Waals surface area contributed by atoms with Gasteiger partial charge in [-0.2, -0.15) is 0 Å². The molecule has 0 aliphatic heterocycles. The van der Waals surface area contributed by atoms with Gasteiger partial charge in [-0.3, -0.25) is 28.8 Å². The van der Waals surface area contributed by atoms with Crippen molar-refractivity contribution in [1.29, 1.82) is 0 Å². The van der Waals surface area contributed by atoms with E-state index in [-0.39, 0.29) is 86.9 Å². The monoisotopic (exact) mass is 1090 g/mol. The molecule has 0 radical (unpaired) electrons. The van der Waals surface area contributed by atoms with Crippen LogP contribution in [0.15, 0.2) is 24.3 Å². The number of nitrogens with one attached hydrogen (secondary N) is 5. The van der Waals surface area contributed by atoms with Crippen LogP contribution < -0.4 is 49.5 Å². The molecule has 69 heavy (non-hydrogen) atoms. The number of aliphatic hydroxyl groups excluding tert-OH is 2. The van der Waals surface area contributed by atoms with Gasteiger partial charge in [0.2, 0.25) is 35.4 Å². The minimum atomic E-state index is -1.13. The molecule has 0 aliphatic rings. The van der Waals surface area contributed by atoms with E-state index >= 15 is 0 Å². The minimum absolute atomic E-state index is 0. The van der Waals surface area contributed by atoms with E-state index in [9.17, 15) is 39.0 Å². The minimum Gasteiger partial charge on any atom is -0.394 e. The van der Waals surface area contributed by atoms with Crippen LogP contribution in [-0.4, -0.2) is 158 Å². The van der Waals surface area contributed by atoms with Crippen LogP contribution in [0.5, 0.6) is 0 Å². The lowest BCUT2D eigenvalue weighted by atomic mass is 10.1. The lowest BCUT2D eigenvalue weighted by Crippen LogP contribution is -2.53. The van der Waals surface area contributed by atoms with Crippen LogP contribution in [0.3, 0.4) is 0 Å². The van der Waals surface area contributed by atoms with Gasteiger partial charge in [0, 0.05) is 52.1 Å². The number of hydrogen-bond acceptors (Lipinski definition) is 13. The second-order valence-corrected chi connectivity index (χ2v) is 16.0. The third-order valence-electron chi connectivity index (χ3n) is 10.4. The van der Waals surface area contributed by atoms with Crippen molar-refractivity contribution in [2.75, 3.05) is 78.7 Å². The normalized spacial score (nSPS) is 12.3. The smallest absolute Gasteiger partial charge is 0.244 e. The van der Waals surface area contributed by atoms with E-state index in [0.717, 1.165) is 51.5 Å². The number of rotatable bonds is 41. The Morgan fingerprint density at radius 2 is 0.855 bits per heavy atom. The molecule has 0 aromatic carbocycles. The quantitative estimate of drug-likeness (QED) is 0.0308. The van der Waals surface area contributed by atoms with Crippen molar-refractivity contribution < 1.29 is 39.0 Å². The Bertz CT molecular complexity index is 1270. The highest BCUT2D eigenvalue weighted by Gasteiger charge is 2.24. The van der Waals surface area contributed by atoms with Gasteiger partial charge in [0.25, 0.3) is 0 Å². The van der Waals surface area contributed by atoms with Gasteiger partial charge in [0.05, 0.1) is 25.3 Å². The van der Waals surface area contributed by atoms with Crippen molar-refractivity contribution in [1.82, 2.24) is 36.4 Å². The zero-order valence-electron chi connectivity index (χ0n) is 41.2. The summed E-state index contributed by atoms with van der Waals surface area (Å²) in [5.74, 6) is -2.00. The van der Waals surface area contributed by atoms with Gasteiger partial charge in [-0.15, -0.1) is 62.0 Å². The molecule has 6 amide bonds. The zero-order chi connectivity index (χ0) is 47.8. The van der Waals surface area contributed by atoms with Crippen molar-refractivity contribution in [3.63, 3.8) is 0 Å². The number of unbranched alkanes of at least 4 members (excludes halogenated alkanes) is 3. The Balaban J connectivity index is -0.00000198. The first-order valence-electron chi connectivity index (χ1n) is 23.8. The second-order valence-electron chi connectivity index (χ2n) is 16.0. The Morgan fingerprint density at radius 3 is 1.22 bits per heavy atom. The molecule has 0 aromatic rings. The number of carbonyl (C=O) groups excluding carboxylic acids is 6. The molecule has 0 unspecified atom stereocenters. The molecule has 24 heteroatoms. The van der Waals surface area contributed by atoms with E-state index < -0.39 is 61.0 Å². The van der Waals surface area contributed by atoms with Crippen LogP contribution in [0, 0.1) is 0 Å². The molecular formula is C45H92Cl5N11O8. The SMILES string of the molecule is CC/C=C\CCC(=O)N(CCCCNCCCN(CCCNC(=O)[C@H](CO)NC(=O)[C@@H](N)CCCCN)C(=O)CC/C=C\CC)CCCNC(=O)[C@H](CO)NC(=O)[C@@H](N)CCCCN.Cl.Cl.Cl.Cl.Cl. The molecule has 19 nitrogen and oxygen atoms in total. The molecule has 0 bridgehead atoms. The van der Waals surface area contributed by atoms with E-state index in [1.165, 1.54) is 0 Å². The first kappa shape index (κ1) is 77.9. The predicted octanol–water partition coefficient (Wildman–Crippen LogP) is 1.88. The maximum atomic E-state index is 13.2. The summed E-state index contributed by atoms with van der Waals surface area (Å²) in [7, 11) is 0. The van der Waals surface area contributed by atoms with Crippen molar-refractivity contribution in [3.05, 3.63) is 24.3 Å². The number of aliphatic hydroxyl groups is 2. The zero-order valence-corrected chi connectivity index (χ0v) is 45.3. The number of nitrogens with zero attached hydrogens (tertiary/aromatic N) is 2. The summed E-state index contributed by atoms with van der Waals surface area (Å²) in [4.78, 5) is 80.2. The molecule has 4 atom stereocenters. The molecular weight excluding hydrogens is 1000 g/mol. The highest BCUT2D eigenvalue weighted by atomic mass is 35.5. The van der Waals surface area contributed by atoms with Crippen molar-refractivity contribution in [3.8, 4) is 0 Å². The predicted molar refractivity (Wildman–Crippen MR) is 288 cm³/mol. The van der Waals surface area contributed by atoms with Crippen molar-refractivity contribution in [2.45, 2.75) is 147 Å². The molecule has 0 saturated heterocycles. The largest absolute Gasteiger partial charge is 0.394 e. The highest BCUT2D eigenvalue weighted by Crippen LogP contribution is 2.06. The molecule has 0 spiro atoms. The second kappa shape index (κ2) is 53.3. The van der Waals surface area contributed by atoms with Crippen molar-refractivity contribution in [2.24, 2.45) is 22.9 Å². The summed E-state index contributed by atoms with van der Waals surface area (Å²) in [5.41, 5.74) is 22.8. The standard InChI is InChI=1S/C45H87N11O8.5ClH/c1-3-5-7-9-22-40(59)55(32-18-28-51-44(63)38(34-57)53-42(61)36(48)20-11-13-24-46)30-16-15-26-50-27-17-31-56(41(60)23-10-8-6-4-2)33-19-29-52-45(64)39(35-58)54-43(62)37(49)21-12-14-25-47;;;;;/h5-8,36-39,50,57-58H,3-4,9-35,46-49H2,1-2H3,(H,51,63)(H,52,64)(H,53,61)(H,54,62);5*1H/b7-5-,8-6-;;;;;/t36-,37-,38-,39-;;;;;/m0...../s1. The topological polar surface area (TPSA) is 314 Å². The Hall–Kier alpha value is -2.53. The van der Waals surface area contributed by atoms with Gasteiger partial charge in [-0.05, 0) is 110 Å². The number of carbonyl (C=O) groups is 6. The Morgan fingerprint density at radius 1 is 0.493 bits per heavy atom. The third-order valence-corrected chi connectivity index (χ3v) is 10.4. The molecule has 15 N–H and O–H groups in total. The van der Waals surface area contributed by atoms with Gasteiger partial charge in [-0.1, -0.05) is 51.0 Å². The molecule has 0 aromatic heterocycles. The average molecular weight is 1090 g/mol. The van der Waals surface area contributed by atoms with Crippen molar-refractivity contribution >= 4 is 97.5 Å². The number of amides is 6. The van der Waals surface area contributed by atoms with Gasteiger partial charge in [-0.25, -0.2) is 0 Å². The number of halogens is 5. The highest BCUT2D eigenvalue weighted by molar-refractivity contribution is 5.90. The van der Waals surface area contributed by atoms with Crippen LogP contribution in [0.4, 0.5) is 0 Å². The molecule has 0 saturated carbocycles. The molecule has 0 rings (SSSR count). The lowest BCUT2D eigenvalue weighted by molar-refractivity contribution is -0.132. The third kappa shape index (κ3) is 40.7. The van der Waals surface area contributed by atoms with Crippen LogP contribution in [-0.2, 0) is 28.8 Å². The fourth-order valence-electron chi connectivity index (χ4n) is 6.53. The fourth-order valence-corrected chi connectivity index (χ4v) is 6.53. The Kier molecular flexibility index (Phi) is 60.2. The number of allylic oxidation sites excluding steroid dienone is 4. The van der Waals surface area contributed by atoms with Crippen LogP contribution in [0.1, 0.15) is 123 Å². The van der Waals surface area contributed by atoms with Gasteiger partial charge < -0.3 is 69.5 Å². The number of nitrogens with two attached hydrogens (primary N) is 4. The van der Waals surface area contributed by atoms with Gasteiger partial charge in [0.1, 0.15) is 12.1 Å². The first-order chi connectivity index (χ1) is 30.9. The maximum Gasteiger partial charge on any atom is 0.244 e. The number of hydrogen-bond donors (Lipinski definition) is 11. The summed E-state index contributed by atoms with van der Waals surface area (Å²) in [6.07, 6.45) is 18.9. The first-order valence-corrected chi connectivity index (χ1v) is 23.8. The summed E-state index contributed by atoms with van der Waals surface area (Å²) in [5, 5.41) is 33.4. The van der Waals surface area contributed by atoms with E-state index in [4.69, 9.17) is 22.9 Å². The molecule has 0 aliphatic carbocycles. The lowest BCUT2D eigenvalue weighted by Gasteiger charge is -2.24. The van der Waals surface area contributed by atoms with Crippen LogP contribution >= 0.6 is 62.0 Å². The molecule has 410 valence electrons. The summed E-state index contributed by atoms with van der Waals surface area (Å²) < 4.78 is 0. The van der Waals surface area contributed by atoms with Crippen LogP contribution in [0.2, 0.25) is 0 Å². The van der Waals surface area contributed by atoms with E-state index in [0.29, 0.717) is 110 Å². The van der Waals surface area contributed by atoms with Gasteiger partial charge in [0.15, 0.2) is 0 Å². The average Bonchev–Trinajstić information content (AvgIpc) is 3.29. The fraction of sp³-hybridized carbons (Fsp3) is 0.778. The summed E-state index contributed by atoms with van der Waals surface area (Å²) in [6.45, 7) is 7.82. The Labute approximate surface area is 443 Å². The molecule has 0 heterocycles. The summed E-state index contributed by atoms with van der Waals surface area (Å²) in [6, 6.07) is -3.86. The van der Waals surface area contributed by atoms with E-state index in [1.54, 1.807) is 0 Å².